The van der Waals surface area contributed by atoms with Crippen molar-refractivity contribution in [3.05, 3.63) is 86.8 Å². The topological polar surface area (TPSA) is 69.9 Å². The summed E-state index contributed by atoms with van der Waals surface area (Å²) in [6.07, 6.45) is 0. The molecule has 0 spiro atoms. The number of hydrogen-bond donors (Lipinski definition) is 1. The van der Waals surface area contributed by atoms with E-state index in [-0.39, 0.29) is 11.5 Å². The van der Waals surface area contributed by atoms with Crippen molar-refractivity contribution < 1.29 is 18.6 Å². The Morgan fingerprint density at radius 2 is 1.55 bits per heavy atom. The van der Waals surface area contributed by atoms with Gasteiger partial charge in [0, 0.05) is 17.0 Å². The summed E-state index contributed by atoms with van der Waals surface area (Å²) in [4.78, 5) is 13.4. The average molecular weight is 443 g/mol. The number of rotatable bonds is 4. The largest absolute Gasteiger partial charge is 0.493 e. The molecule has 0 radical (unpaired) electrons. The van der Waals surface area contributed by atoms with E-state index in [2.05, 4.69) is 31.3 Å². The van der Waals surface area contributed by atoms with Gasteiger partial charge in [0.1, 0.15) is 5.58 Å². The third-order valence-corrected chi connectivity index (χ3v) is 6.39. The van der Waals surface area contributed by atoms with E-state index in [1.54, 1.807) is 21.3 Å². The second-order valence-electron chi connectivity index (χ2n) is 8.21. The van der Waals surface area contributed by atoms with Gasteiger partial charge in [0.25, 0.3) is 0 Å². The predicted molar refractivity (Wildman–Crippen MR) is 129 cm³/mol. The first kappa shape index (κ1) is 20.9. The molecule has 4 aromatic rings. The Morgan fingerprint density at radius 1 is 0.879 bits per heavy atom. The van der Waals surface area contributed by atoms with Gasteiger partial charge < -0.3 is 23.9 Å². The molecule has 1 aliphatic heterocycles. The molecule has 1 aliphatic rings. The van der Waals surface area contributed by atoms with Crippen LogP contribution in [0.2, 0.25) is 0 Å². The molecule has 1 N–H and O–H groups in total. The van der Waals surface area contributed by atoms with Crippen LogP contribution in [-0.4, -0.2) is 21.3 Å². The number of para-hydroxylation sites is 1. The number of methoxy groups -OCH3 is 3. The highest BCUT2D eigenvalue weighted by Gasteiger charge is 2.34. The summed E-state index contributed by atoms with van der Waals surface area (Å²) < 4.78 is 22.5. The number of ether oxygens (including phenoxy) is 3. The summed E-state index contributed by atoms with van der Waals surface area (Å²) in [5.74, 6) is 1.18. The van der Waals surface area contributed by atoms with Crippen LogP contribution in [0, 0.1) is 13.8 Å². The molecule has 0 unspecified atom stereocenters. The number of fused-ring (bicyclic) bond motifs is 4. The molecule has 6 nitrogen and oxygen atoms in total. The Balaban J connectivity index is 1.88. The van der Waals surface area contributed by atoms with Gasteiger partial charge in [-0.1, -0.05) is 18.2 Å². The van der Waals surface area contributed by atoms with Crippen LogP contribution >= 0.6 is 0 Å². The fraction of sp³-hybridized carbons (Fsp3) is 0.222. The zero-order valence-electron chi connectivity index (χ0n) is 19.2. The summed E-state index contributed by atoms with van der Waals surface area (Å²) in [5.41, 5.74) is 6.59. The summed E-state index contributed by atoms with van der Waals surface area (Å²) in [5, 5.41) is 4.38. The van der Waals surface area contributed by atoms with Crippen molar-refractivity contribution in [3.8, 4) is 17.2 Å². The lowest BCUT2D eigenvalue weighted by molar-refractivity contribution is 0.323. The number of aryl methyl sites for hydroxylation is 2. The molecule has 5 rings (SSSR count). The number of anilines is 2. The van der Waals surface area contributed by atoms with Gasteiger partial charge in [-0.15, -0.1) is 0 Å². The standard InChI is InChI=1S/C27H25NO5/c1-14-10-18-19(11-15(14)2)28-25-17-8-6-7-9-20(17)33-27(29)24(25)23(18)16-12-21(30-3)26(32-5)22(13-16)31-4/h6-13,23,28H,1-5H3/t23-/m1/s1. The molecule has 2 heterocycles. The monoisotopic (exact) mass is 443 g/mol. The van der Waals surface area contributed by atoms with E-state index in [1.807, 2.05) is 36.4 Å². The maximum absolute atomic E-state index is 13.4. The van der Waals surface area contributed by atoms with Gasteiger partial charge in [0.15, 0.2) is 11.5 Å². The minimum atomic E-state index is -0.384. The summed E-state index contributed by atoms with van der Waals surface area (Å²) in [7, 11) is 4.74. The van der Waals surface area contributed by atoms with Gasteiger partial charge in [-0.25, -0.2) is 4.79 Å². The zero-order valence-corrected chi connectivity index (χ0v) is 19.2. The Morgan fingerprint density at radius 3 is 2.21 bits per heavy atom. The van der Waals surface area contributed by atoms with Crippen LogP contribution in [0.5, 0.6) is 17.2 Å². The number of benzene rings is 3. The molecule has 3 aromatic carbocycles. The Kier molecular flexibility index (Phi) is 5.01. The van der Waals surface area contributed by atoms with Crippen molar-refractivity contribution in [1.29, 1.82) is 0 Å². The number of nitrogens with one attached hydrogen (secondary N) is 1. The van der Waals surface area contributed by atoms with Gasteiger partial charge in [-0.2, -0.15) is 0 Å². The van der Waals surface area contributed by atoms with Gasteiger partial charge in [-0.05, 0) is 66.4 Å². The summed E-state index contributed by atoms with van der Waals surface area (Å²) in [6.45, 7) is 4.15. The van der Waals surface area contributed by atoms with Crippen LogP contribution in [0.4, 0.5) is 11.4 Å². The smallest absolute Gasteiger partial charge is 0.342 e. The summed E-state index contributed by atoms with van der Waals surface area (Å²) >= 11 is 0. The molecule has 0 saturated heterocycles. The molecule has 0 aliphatic carbocycles. The van der Waals surface area contributed by atoms with Crippen molar-refractivity contribution in [3.63, 3.8) is 0 Å². The molecular formula is C27H25NO5. The molecule has 1 aromatic heterocycles. The second-order valence-corrected chi connectivity index (χ2v) is 8.21. The van der Waals surface area contributed by atoms with Gasteiger partial charge in [0.05, 0.1) is 32.6 Å². The first-order valence-corrected chi connectivity index (χ1v) is 10.7. The van der Waals surface area contributed by atoms with Crippen LogP contribution in [0.25, 0.3) is 11.0 Å². The lowest BCUT2D eigenvalue weighted by Gasteiger charge is -2.31. The van der Waals surface area contributed by atoms with E-state index in [0.29, 0.717) is 28.4 Å². The van der Waals surface area contributed by atoms with Crippen molar-refractivity contribution in [2.75, 3.05) is 26.6 Å². The first-order valence-electron chi connectivity index (χ1n) is 10.7. The van der Waals surface area contributed by atoms with Crippen molar-refractivity contribution in [2.45, 2.75) is 19.8 Å². The van der Waals surface area contributed by atoms with Gasteiger partial charge in [0.2, 0.25) is 5.75 Å². The predicted octanol–water partition coefficient (Wildman–Crippen LogP) is 5.67. The van der Waals surface area contributed by atoms with E-state index in [9.17, 15) is 4.79 Å². The SMILES string of the molecule is COc1cc([C@@H]2c3cc(C)c(C)cc3Nc3c2c(=O)oc2ccccc32)cc(OC)c1OC. The lowest BCUT2D eigenvalue weighted by atomic mass is 9.80. The molecule has 0 fully saturated rings. The second kappa shape index (κ2) is 7.89. The fourth-order valence-corrected chi connectivity index (χ4v) is 4.65. The van der Waals surface area contributed by atoms with E-state index in [0.717, 1.165) is 33.5 Å². The van der Waals surface area contributed by atoms with E-state index < -0.39 is 0 Å². The van der Waals surface area contributed by atoms with Crippen LogP contribution in [0.1, 0.15) is 33.7 Å². The third kappa shape index (κ3) is 3.21. The van der Waals surface area contributed by atoms with E-state index in [1.165, 1.54) is 5.56 Å². The van der Waals surface area contributed by atoms with E-state index in [4.69, 9.17) is 18.6 Å². The van der Waals surface area contributed by atoms with Crippen LogP contribution in [0.3, 0.4) is 0 Å². The van der Waals surface area contributed by atoms with Crippen molar-refractivity contribution >= 4 is 22.3 Å². The highest BCUT2D eigenvalue weighted by molar-refractivity contribution is 5.96. The van der Waals surface area contributed by atoms with Gasteiger partial charge in [-0.3, -0.25) is 0 Å². The fourth-order valence-electron chi connectivity index (χ4n) is 4.65. The highest BCUT2D eigenvalue weighted by atomic mass is 16.5. The molecule has 1 atom stereocenters. The third-order valence-electron chi connectivity index (χ3n) is 6.39. The quantitative estimate of drug-likeness (QED) is 0.361. The zero-order chi connectivity index (χ0) is 23.3. The van der Waals surface area contributed by atoms with Crippen molar-refractivity contribution in [2.24, 2.45) is 0 Å². The molecule has 6 heteroatoms. The molecule has 33 heavy (non-hydrogen) atoms. The maximum atomic E-state index is 13.4. The lowest BCUT2D eigenvalue weighted by Crippen LogP contribution is -2.23. The molecule has 0 saturated carbocycles. The highest BCUT2D eigenvalue weighted by Crippen LogP contribution is 2.49. The van der Waals surface area contributed by atoms with Crippen molar-refractivity contribution in [1.82, 2.24) is 0 Å². The van der Waals surface area contributed by atoms with Crippen LogP contribution in [0.15, 0.2) is 57.7 Å². The molecular weight excluding hydrogens is 418 g/mol. The Hall–Kier alpha value is -3.93. The molecule has 168 valence electrons. The first-order chi connectivity index (χ1) is 16.0. The molecule has 0 amide bonds. The Labute approximate surface area is 191 Å². The average Bonchev–Trinajstić information content (AvgIpc) is 2.82. The van der Waals surface area contributed by atoms with E-state index >= 15 is 0 Å². The normalized spacial score (nSPS) is 14.3. The minimum absolute atomic E-state index is 0.376. The Bertz CT molecular complexity index is 1430. The molecule has 0 bridgehead atoms. The van der Waals surface area contributed by atoms with Gasteiger partial charge >= 0.3 is 5.63 Å². The van der Waals surface area contributed by atoms with Crippen LogP contribution < -0.4 is 25.2 Å². The van der Waals surface area contributed by atoms with Crippen LogP contribution in [-0.2, 0) is 0 Å². The number of hydrogen-bond acceptors (Lipinski definition) is 6. The summed E-state index contributed by atoms with van der Waals surface area (Å²) in [6, 6.07) is 15.6. The maximum Gasteiger partial charge on any atom is 0.342 e. The minimum Gasteiger partial charge on any atom is -0.493 e.